The number of carbonyl (C=O) groups excluding carboxylic acids is 1. The molecule has 0 saturated carbocycles. The minimum atomic E-state index is -0.449. The third kappa shape index (κ3) is 3.09. The van der Waals surface area contributed by atoms with Crippen molar-refractivity contribution in [1.29, 1.82) is 5.26 Å². The molecule has 3 nitrogen and oxygen atoms in total. The minimum Gasteiger partial charge on any atom is -0.456 e. The Morgan fingerprint density at radius 2 is 1.86 bits per heavy atom. The van der Waals surface area contributed by atoms with Gasteiger partial charge >= 0.3 is 0 Å². The lowest BCUT2D eigenvalue weighted by Gasteiger charge is -2.13. The molecule has 0 bridgehead atoms. The first-order chi connectivity index (χ1) is 9.92. The molecule has 0 saturated heterocycles. The maximum Gasteiger partial charge on any atom is 0.163 e. The van der Waals surface area contributed by atoms with Gasteiger partial charge in [-0.15, -0.1) is 0 Å². The molecule has 0 fully saturated rings. The van der Waals surface area contributed by atoms with Gasteiger partial charge in [0.2, 0.25) is 0 Å². The van der Waals surface area contributed by atoms with Gasteiger partial charge in [-0.2, -0.15) is 5.26 Å². The van der Waals surface area contributed by atoms with Gasteiger partial charge in [0.1, 0.15) is 17.3 Å². The first-order valence-electron chi connectivity index (χ1n) is 6.42. The van der Waals surface area contributed by atoms with E-state index in [4.69, 9.17) is 10.00 Å². The number of hydrogen-bond donors (Lipinski definition) is 0. The molecule has 0 aromatic heterocycles. The normalized spacial score (nSPS) is 10.0. The fraction of sp³-hybridized carbons (Fsp3) is 0.176. The number of hydrogen-bond acceptors (Lipinski definition) is 3. The van der Waals surface area contributed by atoms with E-state index in [0.717, 1.165) is 5.56 Å². The average molecular weight is 283 g/mol. The van der Waals surface area contributed by atoms with Crippen LogP contribution in [0.25, 0.3) is 0 Å². The lowest BCUT2D eigenvalue weighted by atomic mass is 10.1. The zero-order valence-electron chi connectivity index (χ0n) is 12.0. The van der Waals surface area contributed by atoms with E-state index >= 15 is 0 Å². The molecule has 0 aliphatic heterocycles. The first kappa shape index (κ1) is 14.7. The van der Waals surface area contributed by atoms with Crippen LogP contribution in [0.1, 0.15) is 34.0 Å². The number of nitriles is 1. The van der Waals surface area contributed by atoms with Crippen LogP contribution in [-0.4, -0.2) is 5.78 Å². The van der Waals surface area contributed by atoms with Gasteiger partial charge < -0.3 is 4.74 Å². The van der Waals surface area contributed by atoms with E-state index in [-0.39, 0.29) is 11.3 Å². The van der Waals surface area contributed by atoms with Crippen LogP contribution in [-0.2, 0) is 0 Å². The number of halogens is 1. The third-order valence-corrected chi connectivity index (χ3v) is 3.18. The summed E-state index contributed by atoms with van der Waals surface area (Å²) < 4.78 is 19.3. The second-order valence-electron chi connectivity index (χ2n) is 4.85. The SMILES string of the molecule is CC(=O)c1cc(F)c(C)cc1Oc1cc(C#N)ccc1C. The fourth-order valence-electron chi connectivity index (χ4n) is 1.91. The van der Waals surface area contributed by atoms with E-state index in [2.05, 4.69) is 0 Å². The van der Waals surface area contributed by atoms with Crippen LogP contribution in [0.5, 0.6) is 11.5 Å². The number of carbonyl (C=O) groups is 1. The average Bonchev–Trinajstić information content (AvgIpc) is 2.44. The zero-order chi connectivity index (χ0) is 15.6. The van der Waals surface area contributed by atoms with Gasteiger partial charge in [0, 0.05) is 0 Å². The predicted octanol–water partition coefficient (Wildman–Crippen LogP) is 4.31. The van der Waals surface area contributed by atoms with Gasteiger partial charge in [0.05, 0.1) is 17.2 Å². The van der Waals surface area contributed by atoms with Crippen LogP contribution < -0.4 is 4.74 Å². The number of ketones is 1. The van der Waals surface area contributed by atoms with Crippen molar-refractivity contribution < 1.29 is 13.9 Å². The van der Waals surface area contributed by atoms with Crippen molar-refractivity contribution in [3.63, 3.8) is 0 Å². The molecule has 4 heteroatoms. The van der Waals surface area contributed by atoms with Crippen molar-refractivity contribution >= 4 is 5.78 Å². The van der Waals surface area contributed by atoms with Crippen molar-refractivity contribution in [3.8, 4) is 17.6 Å². The van der Waals surface area contributed by atoms with Crippen molar-refractivity contribution in [2.24, 2.45) is 0 Å². The van der Waals surface area contributed by atoms with Crippen LogP contribution in [0.15, 0.2) is 30.3 Å². The summed E-state index contributed by atoms with van der Waals surface area (Å²) in [7, 11) is 0. The Kier molecular flexibility index (Phi) is 4.04. The molecular weight excluding hydrogens is 269 g/mol. The Bertz CT molecular complexity index is 760. The van der Waals surface area contributed by atoms with Crippen LogP contribution in [0.3, 0.4) is 0 Å². The van der Waals surface area contributed by atoms with E-state index in [1.54, 1.807) is 25.1 Å². The number of aryl methyl sites for hydroxylation is 2. The number of Topliss-reactive ketones (excluding diaryl/α,β-unsaturated/α-hetero) is 1. The van der Waals surface area contributed by atoms with Crippen LogP contribution in [0.4, 0.5) is 4.39 Å². The molecule has 2 aromatic rings. The van der Waals surface area contributed by atoms with Crippen LogP contribution >= 0.6 is 0 Å². The lowest BCUT2D eigenvalue weighted by Crippen LogP contribution is -2.00. The number of nitrogens with zero attached hydrogens (tertiary/aromatic N) is 1. The molecule has 0 amide bonds. The summed E-state index contributed by atoms with van der Waals surface area (Å²) in [4.78, 5) is 11.6. The molecule has 0 N–H and O–H groups in total. The summed E-state index contributed by atoms with van der Waals surface area (Å²) in [5.74, 6) is 0.0372. The van der Waals surface area contributed by atoms with Gasteiger partial charge in [-0.05, 0) is 56.2 Å². The summed E-state index contributed by atoms with van der Waals surface area (Å²) in [6.45, 7) is 4.79. The fourth-order valence-corrected chi connectivity index (χ4v) is 1.91. The standard InChI is InChI=1S/C17H14FNO2/c1-10-4-5-13(9-19)7-16(10)21-17-6-11(2)15(18)8-14(17)12(3)20/h4-8H,1-3H3. The van der Waals surface area contributed by atoms with E-state index in [1.165, 1.54) is 19.1 Å². The molecule has 2 rings (SSSR count). The highest BCUT2D eigenvalue weighted by Gasteiger charge is 2.14. The summed E-state index contributed by atoms with van der Waals surface area (Å²) >= 11 is 0. The Labute approximate surface area is 122 Å². The van der Waals surface area contributed by atoms with Crippen molar-refractivity contribution in [1.82, 2.24) is 0 Å². The van der Waals surface area contributed by atoms with Crippen molar-refractivity contribution in [2.75, 3.05) is 0 Å². The molecule has 21 heavy (non-hydrogen) atoms. The molecule has 0 spiro atoms. The van der Waals surface area contributed by atoms with Gasteiger partial charge in [-0.1, -0.05) is 6.07 Å². The molecule has 2 aromatic carbocycles. The quantitative estimate of drug-likeness (QED) is 0.789. The van der Waals surface area contributed by atoms with Crippen LogP contribution in [0, 0.1) is 31.0 Å². The van der Waals surface area contributed by atoms with E-state index in [9.17, 15) is 9.18 Å². The van der Waals surface area contributed by atoms with E-state index < -0.39 is 5.82 Å². The largest absolute Gasteiger partial charge is 0.456 e. The smallest absolute Gasteiger partial charge is 0.163 e. The van der Waals surface area contributed by atoms with Crippen molar-refractivity contribution in [3.05, 3.63) is 58.4 Å². The highest BCUT2D eigenvalue weighted by Crippen LogP contribution is 2.31. The maximum atomic E-state index is 13.6. The Hall–Kier alpha value is -2.67. The topological polar surface area (TPSA) is 50.1 Å². The second kappa shape index (κ2) is 5.76. The van der Waals surface area contributed by atoms with Gasteiger partial charge in [-0.3, -0.25) is 4.79 Å². The summed E-state index contributed by atoms with van der Waals surface area (Å²) in [5, 5.41) is 8.93. The van der Waals surface area contributed by atoms with E-state index in [1.807, 2.05) is 13.0 Å². The molecule has 106 valence electrons. The highest BCUT2D eigenvalue weighted by molar-refractivity contribution is 5.97. The number of rotatable bonds is 3. The molecule has 0 unspecified atom stereocenters. The molecule has 0 atom stereocenters. The molecule has 0 heterocycles. The second-order valence-corrected chi connectivity index (χ2v) is 4.85. The third-order valence-electron chi connectivity index (χ3n) is 3.18. The predicted molar refractivity (Wildman–Crippen MR) is 77.1 cm³/mol. The lowest BCUT2D eigenvalue weighted by molar-refractivity contribution is 0.101. The van der Waals surface area contributed by atoms with E-state index in [0.29, 0.717) is 22.6 Å². The Morgan fingerprint density at radius 3 is 2.48 bits per heavy atom. The van der Waals surface area contributed by atoms with Gasteiger partial charge in [0.25, 0.3) is 0 Å². The van der Waals surface area contributed by atoms with Gasteiger partial charge in [0.15, 0.2) is 5.78 Å². The monoisotopic (exact) mass is 283 g/mol. The van der Waals surface area contributed by atoms with Crippen molar-refractivity contribution in [2.45, 2.75) is 20.8 Å². The Balaban J connectivity index is 2.51. The molecule has 0 aliphatic carbocycles. The minimum absolute atomic E-state index is 0.180. The summed E-state index contributed by atoms with van der Waals surface area (Å²) in [6.07, 6.45) is 0. The zero-order valence-corrected chi connectivity index (χ0v) is 12.0. The molecular formula is C17H14FNO2. The number of benzene rings is 2. The molecule has 0 aliphatic rings. The Morgan fingerprint density at radius 1 is 1.14 bits per heavy atom. The first-order valence-corrected chi connectivity index (χ1v) is 6.42. The highest BCUT2D eigenvalue weighted by atomic mass is 19.1. The summed E-state index contributed by atoms with van der Waals surface area (Å²) in [5.41, 5.74) is 1.85. The maximum absolute atomic E-state index is 13.6. The summed E-state index contributed by atoms with van der Waals surface area (Å²) in [6, 6.07) is 9.74. The molecule has 0 radical (unpaired) electrons. The van der Waals surface area contributed by atoms with Gasteiger partial charge in [-0.25, -0.2) is 4.39 Å². The van der Waals surface area contributed by atoms with Crippen LogP contribution in [0.2, 0.25) is 0 Å². The number of ether oxygens (including phenoxy) is 1.